The molecule has 6 nitrogen and oxygen atoms in total. The number of amides is 1. The fourth-order valence-corrected chi connectivity index (χ4v) is 2.89. The summed E-state index contributed by atoms with van der Waals surface area (Å²) in [4.78, 5) is 35.6. The number of hydrogen-bond acceptors (Lipinski definition) is 5. The summed E-state index contributed by atoms with van der Waals surface area (Å²) in [6.07, 6.45) is -0.912. The van der Waals surface area contributed by atoms with Crippen molar-refractivity contribution in [1.82, 2.24) is 5.32 Å². The molecule has 1 amide bonds. The lowest BCUT2D eigenvalue weighted by atomic mass is 10.0. The minimum absolute atomic E-state index is 0.350. The van der Waals surface area contributed by atoms with Crippen molar-refractivity contribution in [2.75, 3.05) is 0 Å². The summed E-state index contributed by atoms with van der Waals surface area (Å²) in [5.41, 5.74) is 3.11. The van der Waals surface area contributed by atoms with Gasteiger partial charge in [0.15, 0.2) is 6.10 Å². The van der Waals surface area contributed by atoms with Gasteiger partial charge in [-0.1, -0.05) is 54.6 Å². The van der Waals surface area contributed by atoms with E-state index in [1.165, 1.54) is 13.8 Å². The molecule has 0 bridgehead atoms. The molecule has 1 atom stereocenters. The van der Waals surface area contributed by atoms with Gasteiger partial charge in [-0.3, -0.25) is 9.59 Å². The third-order valence-corrected chi connectivity index (χ3v) is 4.53. The van der Waals surface area contributed by atoms with Crippen LogP contribution in [0, 0.1) is 0 Å². The van der Waals surface area contributed by atoms with Crippen LogP contribution < -0.4 is 10.1 Å². The molecule has 3 aromatic rings. The SMILES string of the molecule is CC(=O)Oc1ccc(-c2ccc(C(=O)OC(C)C(=O)NCc3ccccc3)cc2)cc1. The first-order valence-electron chi connectivity index (χ1n) is 9.84. The van der Waals surface area contributed by atoms with Gasteiger partial charge in [0.2, 0.25) is 0 Å². The normalized spacial score (nSPS) is 11.3. The fraction of sp³-hybridized carbons (Fsp3) is 0.160. The van der Waals surface area contributed by atoms with Crippen molar-refractivity contribution in [3.05, 3.63) is 90.0 Å². The monoisotopic (exact) mass is 417 g/mol. The van der Waals surface area contributed by atoms with Gasteiger partial charge in [-0.15, -0.1) is 0 Å². The molecule has 1 N–H and O–H groups in total. The average molecular weight is 417 g/mol. The third kappa shape index (κ3) is 6.27. The van der Waals surface area contributed by atoms with Gasteiger partial charge in [-0.05, 0) is 47.9 Å². The summed E-state index contributed by atoms with van der Waals surface area (Å²) >= 11 is 0. The van der Waals surface area contributed by atoms with Gasteiger partial charge >= 0.3 is 11.9 Å². The second-order valence-electron chi connectivity index (χ2n) is 6.95. The molecule has 0 aliphatic rings. The van der Waals surface area contributed by atoms with E-state index in [4.69, 9.17) is 9.47 Å². The zero-order valence-electron chi connectivity index (χ0n) is 17.3. The molecule has 0 saturated carbocycles. The van der Waals surface area contributed by atoms with E-state index >= 15 is 0 Å². The van der Waals surface area contributed by atoms with E-state index in [2.05, 4.69) is 5.32 Å². The highest BCUT2D eigenvalue weighted by atomic mass is 16.5. The van der Waals surface area contributed by atoms with Crippen LogP contribution in [-0.4, -0.2) is 23.9 Å². The zero-order valence-corrected chi connectivity index (χ0v) is 17.3. The average Bonchev–Trinajstić information content (AvgIpc) is 2.78. The number of hydrogen-bond donors (Lipinski definition) is 1. The van der Waals surface area contributed by atoms with E-state index in [0.29, 0.717) is 17.9 Å². The molecule has 0 radical (unpaired) electrons. The van der Waals surface area contributed by atoms with Gasteiger partial charge in [-0.2, -0.15) is 0 Å². The number of carbonyl (C=O) groups excluding carboxylic acids is 3. The van der Waals surface area contributed by atoms with E-state index in [1.54, 1.807) is 36.4 Å². The molecular formula is C25H23NO5. The number of nitrogens with one attached hydrogen (secondary N) is 1. The van der Waals surface area contributed by atoms with Gasteiger partial charge in [0, 0.05) is 13.5 Å². The van der Waals surface area contributed by atoms with Crippen LogP contribution in [0.1, 0.15) is 29.8 Å². The number of ether oxygens (including phenoxy) is 2. The van der Waals surface area contributed by atoms with Crippen LogP contribution in [0.15, 0.2) is 78.9 Å². The Hall–Kier alpha value is -3.93. The van der Waals surface area contributed by atoms with Crippen molar-refractivity contribution in [3.8, 4) is 16.9 Å². The van der Waals surface area contributed by atoms with Crippen LogP contribution in [0.3, 0.4) is 0 Å². The number of carbonyl (C=O) groups is 3. The van der Waals surface area contributed by atoms with Crippen molar-refractivity contribution < 1.29 is 23.9 Å². The largest absolute Gasteiger partial charge is 0.449 e. The van der Waals surface area contributed by atoms with Crippen LogP contribution in [0.4, 0.5) is 0 Å². The van der Waals surface area contributed by atoms with Crippen LogP contribution in [0.25, 0.3) is 11.1 Å². The number of rotatable bonds is 7. The molecule has 158 valence electrons. The standard InChI is InChI=1S/C25H23NO5/c1-17(24(28)26-16-19-6-4-3-5-7-19)30-25(29)22-10-8-20(9-11-22)21-12-14-23(15-13-21)31-18(2)27/h3-15,17H,16H2,1-2H3,(H,26,28). The Balaban J connectivity index is 1.55. The summed E-state index contributed by atoms with van der Waals surface area (Å²) in [6, 6.07) is 23.4. The minimum atomic E-state index is -0.912. The Morgan fingerprint density at radius 2 is 1.42 bits per heavy atom. The molecular weight excluding hydrogens is 394 g/mol. The topological polar surface area (TPSA) is 81.7 Å². The van der Waals surface area contributed by atoms with E-state index in [-0.39, 0.29) is 11.9 Å². The molecule has 0 aromatic heterocycles. The maximum Gasteiger partial charge on any atom is 0.338 e. The fourth-order valence-electron chi connectivity index (χ4n) is 2.89. The maximum absolute atomic E-state index is 12.4. The Labute approximate surface area is 180 Å². The van der Waals surface area contributed by atoms with Crippen LogP contribution >= 0.6 is 0 Å². The highest BCUT2D eigenvalue weighted by molar-refractivity contribution is 5.92. The van der Waals surface area contributed by atoms with Crippen molar-refractivity contribution in [2.45, 2.75) is 26.5 Å². The maximum atomic E-state index is 12.4. The first kappa shape index (κ1) is 21.8. The van der Waals surface area contributed by atoms with Crippen molar-refractivity contribution in [2.24, 2.45) is 0 Å². The van der Waals surface area contributed by atoms with Gasteiger partial charge in [0.1, 0.15) is 5.75 Å². The molecule has 1 unspecified atom stereocenters. The minimum Gasteiger partial charge on any atom is -0.449 e. The molecule has 0 aliphatic carbocycles. The number of esters is 2. The highest BCUT2D eigenvalue weighted by Crippen LogP contribution is 2.23. The van der Waals surface area contributed by atoms with Gasteiger partial charge in [0.05, 0.1) is 5.56 Å². The quantitative estimate of drug-likeness (QED) is 0.462. The molecule has 3 aromatic carbocycles. The van der Waals surface area contributed by atoms with Crippen molar-refractivity contribution in [3.63, 3.8) is 0 Å². The van der Waals surface area contributed by atoms with E-state index in [9.17, 15) is 14.4 Å². The van der Waals surface area contributed by atoms with Crippen molar-refractivity contribution in [1.29, 1.82) is 0 Å². The first-order valence-corrected chi connectivity index (χ1v) is 9.84. The van der Waals surface area contributed by atoms with Gasteiger partial charge in [-0.25, -0.2) is 4.79 Å². The molecule has 0 spiro atoms. The summed E-state index contributed by atoms with van der Waals surface area (Å²) in [7, 11) is 0. The van der Waals surface area contributed by atoms with E-state index in [1.807, 2.05) is 42.5 Å². The summed E-state index contributed by atoms with van der Waals surface area (Å²) in [6.45, 7) is 3.25. The second-order valence-corrected chi connectivity index (χ2v) is 6.95. The van der Waals surface area contributed by atoms with E-state index < -0.39 is 12.1 Å². The molecule has 0 aliphatic heterocycles. The van der Waals surface area contributed by atoms with Crippen LogP contribution in [0.5, 0.6) is 5.75 Å². The summed E-state index contributed by atoms with van der Waals surface area (Å²) < 4.78 is 10.3. The molecule has 31 heavy (non-hydrogen) atoms. The van der Waals surface area contributed by atoms with Gasteiger partial charge in [0.25, 0.3) is 5.91 Å². The lowest BCUT2D eigenvalue weighted by molar-refractivity contribution is -0.132. The molecule has 0 fully saturated rings. The molecule has 3 rings (SSSR count). The predicted molar refractivity (Wildman–Crippen MR) is 116 cm³/mol. The highest BCUT2D eigenvalue weighted by Gasteiger charge is 2.18. The lowest BCUT2D eigenvalue weighted by Gasteiger charge is -2.14. The van der Waals surface area contributed by atoms with E-state index in [0.717, 1.165) is 16.7 Å². The zero-order chi connectivity index (χ0) is 22.2. The molecule has 6 heteroatoms. The summed E-state index contributed by atoms with van der Waals surface area (Å²) in [5, 5.41) is 2.75. The Morgan fingerprint density at radius 3 is 2.00 bits per heavy atom. The molecule has 0 heterocycles. The third-order valence-electron chi connectivity index (χ3n) is 4.53. The first-order chi connectivity index (χ1) is 14.9. The Morgan fingerprint density at radius 1 is 0.839 bits per heavy atom. The summed E-state index contributed by atoms with van der Waals surface area (Å²) in [5.74, 6) is -0.838. The van der Waals surface area contributed by atoms with Gasteiger partial charge < -0.3 is 14.8 Å². The lowest BCUT2D eigenvalue weighted by Crippen LogP contribution is -2.35. The van der Waals surface area contributed by atoms with Crippen LogP contribution in [-0.2, 0) is 20.9 Å². The second kappa shape index (κ2) is 10.2. The van der Waals surface area contributed by atoms with Crippen molar-refractivity contribution >= 4 is 17.8 Å². The smallest absolute Gasteiger partial charge is 0.338 e. The number of benzene rings is 3. The predicted octanol–water partition coefficient (Wildman–Crippen LogP) is 4.14. The van der Waals surface area contributed by atoms with Crippen LogP contribution in [0.2, 0.25) is 0 Å². The molecule has 0 saturated heterocycles. The Kier molecular flexibility index (Phi) is 7.17. The Bertz CT molecular complexity index is 1040.